The fourth-order valence-electron chi connectivity index (χ4n) is 6.13. The molecular formula is C20H25NO3. The van der Waals surface area contributed by atoms with Crippen molar-refractivity contribution in [2.45, 2.75) is 70.0 Å². The number of rotatable bonds is 1. The van der Waals surface area contributed by atoms with Gasteiger partial charge >= 0.3 is 0 Å². The number of aliphatic hydroxyl groups excluding tert-OH is 1. The number of fused-ring (bicyclic) bond motifs is 4. The van der Waals surface area contributed by atoms with Crippen molar-refractivity contribution in [2.75, 3.05) is 0 Å². The summed E-state index contributed by atoms with van der Waals surface area (Å²) in [5, 5.41) is 31.2. The minimum atomic E-state index is -0.984. The van der Waals surface area contributed by atoms with Gasteiger partial charge in [0.25, 0.3) is 0 Å². The van der Waals surface area contributed by atoms with Crippen LogP contribution in [0.5, 0.6) is 0 Å². The molecule has 0 aromatic rings. The summed E-state index contributed by atoms with van der Waals surface area (Å²) in [4.78, 5) is 11.7. The van der Waals surface area contributed by atoms with Crippen LogP contribution in [0, 0.1) is 28.6 Å². The minimum absolute atomic E-state index is 0.144. The van der Waals surface area contributed by atoms with Crippen molar-refractivity contribution in [3.63, 3.8) is 0 Å². The highest BCUT2D eigenvalue weighted by Gasteiger charge is 2.62. The Labute approximate surface area is 142 Å². The third-order valence-corrected chi connectivity index (χ3v) is 7.40. The lowest BCUT2D eigenvalue weighted by molar-refractivity contribution is -0.115. The molecule has 24 heavy (non-hydrogen) atoms. The van der Waals surface area contributed by atoms with E-state index in [0.29, 0.717) is 25.2 Å². The summed E-state index contributed by atoms with van der Waals surface area (Å²) in [5.74, 6) is 0.806. The first kappa shape index (κ1) is 16.1. The molecule has 0 saturated heterocycles. The smallest absolute Gasteiger partial charge is 0.156 e. The van der Waals surface area contributed by atoms with Crippen molar-refractivity contribution >= 4 is 5.78 Å². The molecule has 0 heterocycles. The molecule has 0 aromatic heterocycles. The highest BCUT2D eigenvalue weighted by Crippen LogP contribution is 2.64. The van der Waals surface area contributed by atoms with Crippen molar-refractivity contribution in [3.8, 4) is 6.07 Å². The van der Waals surface area contributed by atoms with Gasteiger partial charge in [0.2, 0.25) is 0 Å². The van der Waals surface area contributed by atoms with Crippen molar-refractivity contribution < 1.29 is 15.0 Å². The van der Waals surface area contributed by atoms with Gasteiger partial charge in [-0.2, -0.15) is 5.26 Å². The van der Waals surface area contributed by atoms with Gasteiger partial charge in [-0.1, -0.05) is 6.92 Å². The van der Waals surface area contributed by atoms with Crippen LogP contribution in [0.3, 0.4) is 0 Å². The standard InChI is InChI=1S/C20H25NO3/c1-19-11-17(23)18-14-5-3-13(22)10-12(14)2-4-15(18)16(19)6-7-20(19,24)8-9-21/h10,15-17,23-24H,2-8,11H2,1H3/t15-,16-,17+,19-,20-/m0/s1. The maximum Gasteiger partial charge on any atom is 0.156 e. The Morgan fingerprint density at radius 1 is 1.33 bits per heavy atom. The maximum absolute atomic E-state index is 11.7. The fourth-order valence-corrected chi connectivity index (χ4v) is 6.13. The Morgan fingerprint density at radius 3 is 2.88 bits per heavy atom. The second-order valence-corrected chi connectivity index (χ2v) is 8.36. The first-order valence-electron chi connectivity index (χ1n) is 9.14. The molecule has 2 N–H and O–H groups in total. The lowest BCUT2D eigenvalue weighted by Crippen LogP contribution is -2.53. The molecule has 4 aliphatic carbocycles. The van der Waals surface area contributed by atoms with Crippen molar-refractivity contribution in [2.24, 2.45) is 17.3 Å². The SMILES string of the molecule is C[C@]12C[C@@H](O)C3=C4CCC(=O)C=C4CC[C@H]3[C@@H]1CC[C@]2(O)CC#N. The van der Waals surface area contributed by atoms with E-state index in [-0.39, 0.29) is 18.1 Å². The van der Waals surface area contributed by atoms with E-state index in [1.54, 1.807) is 6.08 Å². The van der Waals surface area contributed by atoms with Gasteiger partial charge in [0.15, 0.2) is 5.78 Å². The van der Waals surface area contributed by atoms with Crippen molar-refractivity contribution in [3.05, 3.63) is 22.8 Å². The molecule has 4 rings (SSSR count). The Bertz CT molecular complexity index is 700. The largest absolute Gasteiger partial charge is 0.389 e. The molecule has 4 aliphatic rings. The van der Waals surface area contributed by atoms with Crippen LogP contribution in [0.4, 0.5) is 0 Å². The van der Waals surface area contributed by atoms with Crippen molar-refractivity contribution in [1.82, 2.24) is 0 Å². The molecule has 0 radical (unpaired) electrons. The summed E-state index contributed by atoms with van der Waals surface area (Å²) >= 11 is 0. The quantitative estimate of drug-likeness (QED) is 0.776. The second-order valence-electron chi connectivity index (χ2n) is 8.36. The van der Waals surface area contributed by atoms with Gasteiger partial charge in [0, 0.05) is 11.8 Å². The minimum Gasteiger partial charge on any atom is -0.389 e. The Kier molecular flexibility index (Phi) is 3.53. The van der Waals surface area contributed by atoms with Gasteiger partial charge in [-0.15, -0.1) is 0 Å². The third-order valence-electron chi connectivity index (χ3n) is 7.40. The van der Waals surface area contributed by atoms with Crippen LogP contribution >= 0.6 is 0 Å². The van der Waals surface area contributed by atoms with E-state index in [2.05, 4.69) is 13.0 Å². The number of hydrogen-bond acceptors (Lipinski definition) is 4. The number of carbonyl (C=O) groups is 1. The molecule has 2 saturated carbocycles. The zero-order chi connectivity index (χ0) is 17.1. The van der Waals surface area contributed by atoms with Crippen LogP contribution in [-0.2, 0) is 4.79 Å². The number of ketones is 1. The Morgan fingerprint density at radius 2 is 2.12 bits per heavy atom. The molecule has 0 unspecified atom stereocenters. The molecule has 2 fully saturated rings. The Balaban J connectivity index is 1.77. The molecule has 0 amide bonds. The van der Waals surface area contributed by atoms with Crippen LogP contribution in [0.2, 0.25) is 0 Å². The molecule has 5 atom stereocenters. The van der Waals surface area contributed by atoms with Gasteiger partial charge < -0.3 is 10.2 Å². The van der Waals surface area contributed by atoms with Gasteiger partial charge in [0.1, 0.15) is 0 Å². The van der Waals surface area contributed by atoms with Crippen molar-refractivity contribution in [1.29, 1.82) is 5.26 Å². The third kappa shape index (κ3) is 2.01. The Hall–Kier alpha value is -1.44. The van der Waals surface area contributed by atoms with E-state index in [1.807, 2.05) is 0 Å². The normalized spacial score (nSPS) is 44.3. The number of nitrogens with zero attached hydrogens (tertiary/aromatic N) is 1. The molecule has 4 nitrogen and oxygen atoms in total. The molecule has 128 valence electrons. The summed E-state index contributed by atoms with van der Waals surface area (Å²) < 4.78 is 0. The van der Waals surface area contributed by atoms with Crippen LogP contribution in [-0.4, -0.2) is 27.7 Å². The maximum atomic E-state index is 11.7. The molecule has 0 aliphatic heterocycles. The van der Waals surface area contributed by atoms with E-state index < -0.39 is 17.1 Å². The molecule has 0 spiro atoms. The molecule has 4 heteroatoms. The number of carbonyl (C=O) groups excluding carboxylic acids is 1. The average molecular weight is 327 g/mol. The average Bonchev–Trinajstić information content (AvgIpc) is 2.78. The number of allylic oxidation sites excluding steroid dienone is 3. The summed E-state index contributed by atoms with van der Waals surface area (Å²) in [6.45, 7) is 2.07. The van der Waals surface area contributed by atoms with Gasteiger partial charge in [-0.25, -0.2) is 0 Å². The van der Waals surface area contributed by atoms with Gasteiger partial charge in [0.05, 0.1) is 24.2 Å². The van der Waals surface area contributed by atoms with Crippen LogP contribution in [0.25, 0.3) is 0 Å². The lowest BCUT2D eigenvalue weighted by atomic mass is 9.54. The zero-order valence-corrected chi connectivity index (χ0v) is 14.2. The highest BCUT2D eigenvalue weighted by molar-refractivity contribution is 5.93. The summed E-state index contributed by atoms with van der Waals surface area (Å²) in [5.41, 5.74) is 2.11. The first-order valence-corrected chi connectivity index (χ1v) is 9.14. The van der Waals surface area contributed by atoms with Gasteiger partial charge in [-0.05, 0) is 73.2 Å². The van der Waals surface area contributed by atoms with Crippen LogP contribution in [0.15, 0.2) is 22.8 Å². The predicted octanol–water partition coefficient (Wildman–Crippen LogP) is 2.81. The first-order chi connectivity index (χ1) is 11.4. The van der Waals surface area contributed by atoms with E-state index >= 15 is 0 Å². The lowest BCUT2D eigenvalue weighted by Gasteiger charge is -2.53. The van der Waals surface area contributed by atoms with E-state index in [4.69, 9.17) is 5.26 Å². The van der Waals surface area contributed by atoms with Crippen LogP contribution < -0.4 is 0 Å². The van der Waals surface area contributed by atoms with E-state index in [9.17, 15) is 15.0 Å². The molecule has 0 bridgehead atoms. The fraction of sp³-hybridized carbons (Fsp3) is 0.700. The van der Waals surface area contributed by atoms with Gasteiger partial charge in [-0.3, -0.25) is 4.79 Å². The van der Waals surface area contributed by atoms with E-state index in [0.717, 1.165) is 36.8 Å². The second kappa shape index (κ2) is 5.28. The highest BCUT2D eigenvalue weighted by atomic mass is 16.3. The van der Waals surface area contributed by atoms with Crippen LogP contribution in [0.1, 0.15) is 58.3 Å². The summed E-state index contributed by atoms with van der Waals surface area (Å²) in [7, 11) is 0. The number of aliphatic hydroxyl groups is 2. The topological polar surface area (TPSA) is 81.3 Å². The van der Waals surface area contributed by atoms with E-state index in [1.165, 1.54) is 5.57 Å². The molecular weight excluding hydrogens is 302 g/mol. The number of nitriles is 1. The summed E-state index contributed by atoms with van der Waals surface area (Å²) in [6.07, 6.45) is 6.58. The number of hydrogen-bond donors (Lipinski definition) is 2. The molecule has 0 aromatic carbocycles. The zero-order valence-electron chi connectivity index (χ0n) is 14.2. The predicted molar refractivity (Wildman–Crippen MR) is 88.7 cm³/mol. The monoisotopic (exact) mass is 327 g/mol. The summed E-state index contributed by atoms with van der Waals surface area (Å²) in [6, 6.07) is 2.16.